The van der Waals surface area contributed by atoms with Crippen molar-refractivity contribution >= 4 is 44.0 Å². The van der Waals surface area contributed by atoms with Crippen LogP contribution in [-0.2, 0) is 6.42 Å². The Hall–Kier alpha value is -1.53. The van der Waals surface area contributed by atoms with Crippen molar-refractivity contribution in [3.63, 3.8) is 0 Å². The summed E-state index contributed by atoms with van der Waals surface area (Å²) in [5.41, 5.74) is 2.06. The number of fused-ring (bicyclic) bond motifs is 1. The Morgan fingerprint density at radius 2 is 2.19 bits per heavy atom. The number of halogens is 1. The van der Waals surface area contributed by atoms with E-state index >= 15 is 0 Å². The topological polar surface area (TPSA) is 50.7 Å². The zero-order chi connectivity index (χ0) is 14.7. The maximum atomic E-state index is 4.48. The second kappa shape index (κ2) is 6.49. The van der Waals surface area contributed by atoms with Gasteiger partial charge in [-0.25, -0.2) is 15.0 Å². The molecule has 0 bridgehead atoms. The van der Waals surface area contributed by atoms with E-state index in [1.54, 1.807) is 17.7 Å². The second-order valence-corrected chi connectivity index (χ2v) is 6.66. The fraction of sp³-hybridized carbons (Fsp3) is 0.267. The molecule has 1 aromatic carbocycles. The number of aryl methyl sites for hydroxylation is 2. The van der Waals surface area contributed by atoms with Crippen LogP contribution in [0.1, 0.15) is 17.1 Å². The monoisotopic (exact) mass is 362 g/mol. The third kappa shape index (κ3) is 3.57. The first kappa shape index (κ1) is 14.4. The quantitative estimate of drug-likeness (QED) is 0.691. The van der Waals surface area contributed by atoms with E-state index in [-0.39, 0.29) is 0 Å². The first-order chi connectivity index (χ1) is 10.2. The van der Waals surface area contributed by atoms with Gasteiger partial charge >= 0.3 is 0 Å². The van der Waals surface area contributed by atoms with E-state index in [1.807, 2.05) is 25.1 Å². The maximum absolute atomic E-state index is 4.48. The number of nitrogens with zero attached hydrogens (tertiary/aromatic N) is 3. The molecule has 4 nitrogen and oxygen atoms in total. The zero-order valence-corrected chi connectivity index (χ0v) is 14.0. The lowest BCUT2D eigenvalue weighted by atomic mass is 10.2. The third-order valence-corrected chi connectivity index (χ3v) is 4.64. The van der Waals surface area contributed by atoms with Gasteiger partial charge in [-0.3, -0.25) is 0 Å². The molecule has 0 atom stereocenters. The molecule has 3 rings (SSSR count). The molecule has 0 saturated carbocycles. The summed E-state index contributed by atoms with van der Waals surface area (Å²) in [5, 5.41) is 7.73. The molecule has 0 unspecified atom stereocenters. The van der Waals surface area contributed by atoms with Crippen LogP contribution in [0.5, 0.6) is 0 Å². The van der Waals surface area contributed by atoms with Crippen molar-refractivity contribution in [3.05, 3.63) is 45.1 Å². The minimum Gasteiger partial charge on any atom is -0.369 e. The van der Waals surface area contributed by atoms with E-state index in [0.29, 0.717) is 0 Å². The van der Waals surface area contributed by atoms with Crippen molar-refractivity contribution in [2.24, 2.45) is 0 Å². The largest absolute Gasteiger partial charge is 0.369 e. The number of anilines is 1. The van der Waals surface area contributed by atoms with Gasteiger partial charge in [0.15, 0.2) is 0 Å². The minimum atomic E-state index is 0.872. The summed E-state index contributed by atoms with van der Waals surface area (Å²) in [6.07, 6.45) is 3.63. The highest BCUT2D eigenvalue weighted by atomic mass is 79.9. The Kier molecular flexibility index (Phi) is 4.45. The Bertz CT molecular complexity index is 756. The molecule has 2 heterocycles. The smallest absolute Gasteiger partial charge is 0.137 e. The van der Waals surface area contributed by atoms with Gasteiger partial charge in [0.25, 0.3) is 0 Å². The van der Waals surface area contributed by atoms with Gasteiger partial charge in [0, 0.05) is 33.9 Å². The molecule has 0 aliphatic rings. The van der Waals surface area contributed by atoms with Gasteiger partial charge in [0.2, 0.25) is 0 Å². The molecule has 0 saturated heterocycles. The van der Waals surface area contributed by atoms with Gasteiger partial charge in [0.05, 0.1) is 10.5 Å². The van der Waals surface area contributed by atoms with E-state index in [0.717, 1.165) is 46.3 Å². The summed E-state index contributed by atoms with van der Waals surface area (Å²) >= 11 is 5.22. The number of aromatic nitrogens is 3. The molecule has 108 valence electrons. The van der Waals surface area contributed by atoms with Crippen molar-refractivity contribution in [2.45, 2.75) is 19.8 Å². The van der Waals surface area contributed by atoms with Gasteiger partial charge < -0.3 is 5.32 Å². The molecule has 0 aliphatic carbocycles. The molecule has 6 heteroatoms. The normalized spacial score (nSPS) is 11.0. The van der Waals surface area contributed by atoms with Crippen LogP contribution >= 0.6 is 27.3 Å². The van der Waals surface area contributed by atoms with Crippen LogP contribution in [0.3, 0.4) is 0 Å². The van der Waals surface area contributed by atoms with Crippen LogP contribution in [0.15, 0.2) is 34.4 Å². The molecular weight excluding hydrogens is 348 g/mol. The van der Waals surface area contributed by atoms with E-state index in [2.05, 4.69) is 41.6 Å². The molecule has 0 spiro atoms. The average Bonchev–Trinajstić information content (AvgIpc) is 2.89. The lowest BCUT2D eigenvalue weighted by Crippen LogP contribution is -2.05. The molecule has 0 fully saturated rings. The highest BCUT2D eigenvalue weighted by Crippen LogP contribution is 2.23. The van der Waals surface area contributed by atoms with Crippen LogP contribution in [-0.4, -0.2) is 21.5 Å². The fourth-order valence-electron chi connectivity index (χ4n) is 2.13. The molecule has 1 N–H and O–H groups in total. The van der Waals surface area contributed by atoms with E-state index in [4.69, 9.17) is 0 Å². The number of benzene rings is 1. The second-order valence-electron chi connectivity index (χ2n) is 4.80. The summed E-state index contributed by atoms with van der Waals surface area (Å²) < 4.78 is 1.03. The number of rotatable bonds is 5. The van der Waals surface area contributed by atoms with Gasteiger partial charge in [-0.1, -0.05) is 15.9 Å². The summed E-state index contributed by atoms with van der Waals surface area (Å²) in [7, 11) is 0. The lowest BCUT2D eigenvalue weighted by molar-refractivity contribution is 0.848. The van der Waals surface area contributed by atoms with E-state index in [1.165, 1.54) is 5.01 Å². The van der Waals surface area contributed by atoms with E-state index in [9.17, 15) is 0 Å². The molecule has 21 heavy (non-hydrogen) atoms. The van der Waals surface area contributed by atoms with Crippen molar-refractivity contribution in [3.8, 4) is 0 Å². The minimum absolute atomic E-state index is 0.872. The molecule has 0 aliphatic heterocycles. The Morgan fingerprint density at radius 1 is 1.29 bits per heavy atom. The Labute approximate surface area is 135 Å². The summed E-state index contributed by atoms with van der Waals surface area (Å²) in [6, 6.07) is 6.02. The number of thiazole rings is 1. The van der Waals surface area contributed by atoms with Crippen molar-refractivity contribution in [2.75, 3.05) is 11.9 Å². The molecular formula is C15H15BrN4S. The van der Waals surface area contributed by atoms with Gasteiger partial charge in [-0.2, -0.15) is 0 Å². The SMILES string of the molecule is Cc1csc(CCCNc2ncnc3ccc(Br)cc23)n1. The highest BCUT2D eigenvalue weighted by Gasteiger charge is 2.04. The predicted octanol–water partition coefficient (Wildman–Crippen LogP) is 4.20. The predicted molar refractivity (Wildman–Crippen MR) is 90.9 cm³/mol. The Morgan fingerprint density at radius 3 is 3.00 bits per heavy atom. The van der Waals surface area contributed by atoms with Crippen molar-refractivity contribution < 1.29 is 0 Å². The van der Waals surface area contributed by atoms with Crippen molar-refractivity contribution in [1.29, 1.82) is 0 Å². The number of nitrogens with one attached hydrogen (secondary N) is 1. The molecule has 0 amide bonds. The molecule has 0 radical (unpaired) electrons. The lowest BCUT2D eigenvalue weighted by Gasteiger charge is -2.08. The summed E-state index contributed by atoms with van der Waals surface area (Å²) in [4.78, 5) is 13.1. The summed E-state index contributed by atoms with van der Waals surface area (Å²) in [6.45, 7) is 2.90. The van der Waals surface area contributed by atoms with Crippen LogP contribution in [0.4, 0.5) is 5.82 Å². The van der Waals surface area contributed by atoms with Crippen LogP contribution in [0, 0.1) is 6.92 Å². The molecule has 2 aromatic heterocycles. The van der Waals surface area contributed by atoms with E-state index < -0.39 is 0 Å². The number of hydrogen-bond donors (Lipinski definition) is 1. The first-order valence-corrected chi connectivity index (χ1v) is 8.45. The van der Waals surface area contributed by atoms with Crippen LogP contribution < -0.4 is 5.32 Å². The van der Waals surface area contributed by atoms with Gasteiger partial charge in [0.1, 0.15) is 12.1 Å². The van der Waals surface area contributed by atoms with Gasteiger partial charge in [-0.05, 0) is 31.5 Å². The fourth-order valence-corrected chi connectivity index (χ4v) is 3.31. The van der Waals surface area contributed by atoms with Crippen LogP contribution in [0.2, 0.25) is 0 Å². The zero-order valence-electron chi connectivity index (χ0n) is 11.6. The highest BCUT2D eigenvalue weighted by molar-refractivity contribution is 9.10. The van der Waals surface area contributed by atoms with Gasteiger partial charge in [-0.15, -0.1) is 11.3 Å². The molecule has 3 aromatic rings. The van der Waals surface area contributed by atoms with Crippen molar-refractivity contribution in [1.82, 2.24) is 15.0 Å². The number of hydrogen-bond acceptors (Lipinski definition) is 5. The first-order valence-electron chi connectivity index (χ1n) is 6.77. The summed E-state index contributed by atoms with van der Waals surface area (Å²) in [5.74, 6) is 0.886. The van der Waals surface area contributed by atoms with Crippen LogP contribution in [0.25, 0.3) is 10.9 Å². The standard InChI is InChI=1S/C15H15BrN4S/c1-10-8-21-14(20-10)3-2-6-17-15-12-7-11(16)4-5-13(12)18-9-19-15/h4-5,7-9H,2-3,6H2,1H3,(H,17,18,19). The Balaban J connectivity index is 1.64. The average molecular weight is 363 g/mol. The third-order valence-electron chi connectivity index (χ3n) is 3.12. The maximum Gasteiger partial charge on any atom is 0.137 e.